The molecule has 6 atom stereocenters. The van der Waals surface area contributed by atoms with Crippen molar-refractivity contribution in [2.45, 2.75) is 61.8 Å². The summed E-state index contributed by atoms with van der Waals surface area (Å²) in [6.07, 6.45) is 2.84. The predicted octanol–water partition coefficient (Wildman–Crippen LogP) is 3.77. The average molecular weight is 523 g/mol. The highest BCUT2D eigenvalue weighted by Crippen LogP contribution is 2.74. The quantitative estimate of drug-likeness (QED) is 0.509. The Hall–Kier alpha value is -3.42. The van der Waals surface area contributed by atoms with Crippen molar-refractivity contribution in [3.05, 3.63) is 70.8 Å². The average Bonchev–Trinajstić information content (AvgIpc) is 3.61. The number of likely N-dealkylation sites (tertiary alicyclic amines) is 1. The fourth-order valence-corrected chi connectivity index (χ4v) is 9.19. The molecule has 198 valence electrons. The molecule has 3 heterocycles. The molecule has 39 heavy (non-hydrogen) atoms. The van der Waals surface area contributed by atoms with Gasteiger partial charge in [-0.1, -0.05) is 30.3 Å². The molecule has 0 aromatic heterocycles. The highest BCUT2D eigenvalue weighted by Gasteiger charge is 2.85. The molecule has 3 aromatic rings. The maximum absolute atomic E-state index is 13.9. The summed E-state index contributed by atoms with van der Waals surface area (Å²) in [4.78, 5) is 31.6. The normalized spacial score (nSPS) is 35.9. The van der Waals surface area contributed by atoms with Crippen LogP contribution >= 0.6 is 0 Å². The van der Waals surface area contributed by atoms with E-state index in [1.165, 1.54) is 17.7 Å². The highest BCUT2D eigenvalue weighted by molar-refractivity contribution is 6.23. The number of phenols is 1. The monoisotopic (exact) mass is 522 g/mol. The summed E-state index contributed by atoms with van der Waals surface area (Å²) in [5.41, 5.74) is 0.885. The lowest BCUT2D eigenvalue weighted by atomic mass is 9.35. The van der Waals surface area contributed by atoms with Crippen LogP contribution in [0.25, 0.3) is 10.8 Å². The molecule has 6 aliphatic rings. The number of hydrogen-bond donors (Lipinski definition) is 2. The first-order valence-corrected chi connectivity index (χ1v) is 14.2. The Bertz CT molecular complexity index is 1590. The number of nitrogens with zero attached hydrogens (tertiary/aromatic N) is 2. The van der Waals surface area contributed by atoms with Gasteiger partial charge in [0.25, 0.3) is 11.8 Å². The van der Waals surface area contributed by atoms with Gasteiger partial charge in [0.2, 0.25) is 0 Å². The van der Waals surface area contributed by atoms with Crippen LogP contribution in [-0.4, -0.2) is 68.7 Å². The summed E-state index contributed by atoms with van der Waals surface area (Å²) in [5, 5.41) is 25.3. The van der Waals surface area contributed by atoms with Gasteiger partial charge in [-0.2, -0.15) is 0 Å². The van der Waals surface area contributed by atoms with Gasteiger partial charge in [-0.3, -0.25) is 19.4 Å². The van der Waals surface area contributed by atoms with Gasteiger partial charge in [-0.15, -0.1) is 0 Å². The molecule has 1 unspecified atom stereocenters. The SMILES string of the molecule is Cc1ccc(O)c2c1[C@]13C4CN(CC5CC5)[C@H]4[C@]1(O)CC[C@@H](N1C(=O)c4cc5ccccc5cc4C1=O)[C@@H]3O2. The molecule has 9 rings (SSSR count). The molecule has 4 fully saturated rings. The van der Waals surface area contributed by atoms with Gasteiger partial charge in [0, 0.05) is 30.6 Å². The van der Waals surface area contributed by atoms with Crippen molar-refractivity contribution in [2.24, 2.45) is 11.8 Å². The van der Waals surface area contributed by atoms with Crippen molar-refractivity contribution in [3.63, 3.8) is 0 Å². The van der Waals surface area contributed by atoms with Crippen molar-refractivity contribution >= 4 is 22.6 Å². The molecule has 1 spiro atoms. The second-order valence-corrected chi connectivity index (χ2v) is 12.7. The number of amides is 2. The number of rotatable bonds is 3. The first-order valence-electron chi connectivity index (χ1n) is 14.2. The largest absolute Gasteiger partial charge is 0.504 e. The van der Waals surface area contributed by atoms with Crippen LogP contribution in [0.5, 0.6) is 11.5 Å². The number of aromatic hydroxyl groups is 1. The standard InChI is InChI=1S/C32H30N2O5/c1-16-6-9-24(35)26-25(16)32-22-15-33(14-17-7-8-17)27(22)31(32,38)11-10-23(28(32)39-26)34-29(36)20-12-18-4-2-3-5-19(18)13-21(20)30(34)37/h2-6,9,12-13,17,22-23,27-28,35,38H,7-8,10-11,14-15H2,1H3/t22?,23-,27-,28+,31-,32+/m1/s1. The molecule has 3 aliphatic heterocycles. The van der Waals surface area contributed by atoms with Gasteiger partial charge in [-0.25, -0.2) is 0 Å². The molecule has 1 saturated heterocycles. The zero-order valence-electron chi connectivity index (χ0n) is 21.8. The number of aliphatic hydroxyl groups is 1. The maximum atomic E-state index is 13.9. The molecule has 0 radical (unpaired) electrons. The van der Waals surface area contributed by atoms with Crippen LogP contribution in [0.3, 0.4) is 0 Å². The summed E-state index contributed by atoms with van der Waals surface area (Å²) >= 11 is 0. The van der Waals surface area contributed by atoms with E-state index in [1.807, 2.05) is 49.4 Å². The first kappa shape index (κ1) is 22.4. The number of benzene rings is 3. The molecule has 7 nitrogen and oxygen atoms in total. The first-order chi connectivity index (χ1) is 18.8. The van der Waals surface area contributed by atoms with E-state index in [-0.39, 0.29) is 29.5 Å². The number of fused-ring (bicyclic) bond motifs is 5. The van der Waals surface area contributed by atoms with Crippen LogP contribution in [0.1, 0.15) is 57.5 Å². The van der Waals surface area contributed by atoms with Crippen molar-refractivity contribution in [2.75, 3.05) is 13.1 Å². The van der Waals surface area contributed by atoms with Crippen molar-refractivity contribution in [1.29, 1.82) is 0 Å². The van der Waals surface area contributed by atoms with E-state index < -0.39 is 23.2 Å². The Labute approximate surface area is 226 Å². The van der Waals surface area contributed by atoms with Gasteiger partial charge in [0.05, 0.1) is 28.2 Å². The number of hydrogen-bond acceptors (Lipinski definition) is 6. The molecule has 3 aromatic carbocycles. The Kier molecular flexibility index (Phi) is 4.03. The summed E-state index contributed by atoms with van der Waals surface area (Å²) < 4.78 is 6.62. The van der Waals surface area contributed by atoms with Crippen LogP contribution in [0, 0.1) is 18.8 Å². The lowest BCUT2D eigenvalue weighted by Gasteiger charge is -2.78. The number of phenolic OH excluding ortho intramolecular Hbond substituents is 1. The molecular weight excluding hydrogens is 492 g/mol. The highest BCUT2D eigenvalue weighted by atomic mass is 16.5. The number of piperidine rings is 1. The molecule has 7 heteroatoms. The van der Waals surface area contributed by atoms with E-state index in [9.17, 15) is 19.8 Å². The third kappa shape index (κ3) is 2.44. The Morgan fingerprint density at radius 1 is 1.00 bits per heavy atom. The van der Waals surface area contributed by atoms with E-state index in [1.54, 1.807) is 6.07 Å². The summed E-state index contributed by atoms with van der Waals surface area (Å²) in [6.45, 7) is 3.88. The lowest BCUT2D eigenvalue weighted by molar-refractivity contribution is -0.320. The number of aryl methyl sites for hydroxylation is 1. The van der Waals surface area contributed by atoms with E-state index >= 15 is 0 Å². The number of ether oxygens (including phenoxy) is 1. The minimum Gasteiger partial charge on any atom is -0.504 e. The van der Waals surface area contributed by atoms with Crippen LogP contribution in [0.15, 0.2) is 48.5 Å². The Balaban J connectivity index is 1.17. The second-order valence-electron chi connectivity index (χ2n) is 12.7. The molecule has 0 bridgehead atoms. The van der Waals surface area contributed by atoms with Crippen molar-refractivity contribution in [3.8, 4) is 11.5 Å². The van der Waals surface area contributed by atoms with Crippen molar-refractivity contribution < 1.29 is 24.5 Å². The van der Waals surface area contributed by atoms with E-state index in [2.05, 4.69) is 4.90 Å². The fraction of sp³-hybridized carbons (Fsp3) is 0.438. The van der Waals surface area contributed by atoms with Crippen LogP contribution in [0.2, 0.25) is 0 Å². The smallest absolute Gasteiger partial charge is 0.261 e. The lowest BCUT2D eigenvalue weighted by Crippen LogP contribution is -2.92. The van der Waals surface area contributed by atoms with E-state index in [4.69, 9.17) is 4.74 Å². The van der Waals surface area contributed by atoms with Crippen molar-refractivity contribution in [1.82, 2.24) is 9.80 Å². The zero-order valence-corrected chi connectivity index (χ0v) is 21.8. The van der Waals surface area contributed by atoms with Crippen LogP contribution in [0.4, 0.5) is 0 Å². The van der Waals surface area contributed by atoms with Gasteiger partial charge in [-0.05, 0) is 73.1 Å². The minimum atomic E-state index is -1.04. The third-order valence-electron chi connectivity index (χ3n) is 10.9. The number of carbonyl (C=O) groups is 2. The maximum Gasteiger partial charge on any atom is 0.261 e. The summed E-state index contributed by atoms with van der Waals surface area (Å²) in [5.74, 6) is 0.732. The molecular formula is C32H30N2O5. The Morgan fingerprint density at radius 2 is 1.69 bits per heavy atom. The zero-order chi connectivity index (χ0) is 26.4. The summed E-state index contributed by atoms with van der Waals surface area (Å²) in [6, 6.07) is 14.4. The van der Waals surface area contributed by atoms with Crippen LogP contribution < -0.4 is 4.74 Å². The number of imide groups is 1. The second kappa shape index (κ2) is 7.01. The van der Waals surface area contributed by atoms with E-state index in [0.29, 0.717) is 29.7 Å². The number of carbonyl (C=O) groups excluding carboxylic acids is 2. The van der Waals surface area contributed by atoms with E-state index in [0.717, 1.165) is 40.9 Å². The van der Waals surface area contributed by atoms with Crippen LogP contribution in [-0.2, 0) is 5.41 Å². The van der Waals surface area contributed by atoms with Gasteiger partial charge in [0.15, 0.2) is 11.5 Å². The fourth-order valence-electron chi connectivity index (χ4n) is 9.19. The topological polar surface area (TPSA) is 90.3 Å². The van der Waals surface area contributed by atoms with Gasteiger partial charge in [0.1, 0.15) is 6.10 Å². The minimum absolute atomic E-state index is 0.0466. The predicted molar refractivity (Wildman–Crippen MR) is 143 cm³/mol. The molecule has 3 saturated carbocycles. The molecule has 2 amide bonds. The Morgan fingerprint density at radius 3 is 2.36 bits per heavy atom. The third-order valence-corrected chi connectivity index (χ3v) is 10.9. The van der Waals surface area contributed by atoms with Gasteiger partial charge >= 0.3 is 0 Å². The molecule has 3 aliphatic carbocycles. The molecule has 2 N–H and O–H groups in total. The van der Waals surface area contributed by atoms with Gasteiger partial charge < -0.3 is 14.9 Å². The summed E-state index contributed by atoms with van der Waals surface area (Å²) in [7, 11) is 0.